The lowest BCUT2D eigenvalue weighted by atomic mass is 9.82. The van der Waals surface area contributed by atoms with Gasteiger partial charge in [-0.3, -0.25) is 0 Å². The molecule has 2 rings (SSSR count). The first-order valence-corrected chi connectivity index (χ1v) is 7.03. The van der Waals surface area contributed by atoms with Gasteiger partial charge in [0.05, 0.1) is 0 Å². The van der Waals surface area contributed by atoms with Gasteiger partial charge in [0.2, 0.25) is 0 Å². The molecule has 19 heavy (non-hydrogen) atoms. The zero-order valence-corrected chi connectivity index (χ0v) is 11.5. The SMILES string of the molecule is C=C(/C=C\C(=C)C1CCC(N)CC1)c1ccccc1. The Kier molecular flexibility index (Phi) is 4.75. The van der Waals surface area contributed by atoms with Crippen LogP contribution in [0.25, 0.3) is 5.57 Å². The van der Waals surface area contributed by atoms with Gasteiger partial charge in [0, 0.05) is 6.04 Å². The molecule has 1 saturated carbocycles. The summed E-state index contributed by atoms with van der Waals surface area (Å²) in [7, 11) is 0. The van der Waals surface area contributed by atoms with E-state index in [9.17, 15) is 0 Å². The minimum absolute atomic E-state index is 0.396. The number of hydrogen-bond donors (Lipinski definition) is 1. The molecule has 0 unspecified atom stereocenters. The summed E-state index contributed by atoms with van der Waals surface area (Å²) in [6.45, 7) is 8.31. The molecule has 100 valence electrons. The van der Waals surface area contributed by atoms with Crippen LogP contribution in [0, 0.1) is 5.92 Å². The molecule has 0 amide bonds. The number of allylic oxidation sites excluding steroid dienone is 4. The van der Waals surface area contributed by atoms with Crippen LogP contribution in [0.2, 0.25) is 0 Å². The fourth-order valence-electron chi connectivity index (χ4n) is 2.58. The van der Waals surface area contributed by atoms with E-state index in [2.05, 4.69) is 37.4 Å². The summed E-state index contributed by atoms with van der Waals surface area (Å²) in [5.41, 5.74) is 9.35. The van der Waals surface area contributed by atoms with Gasteiger partial charge >= 0.3 is 0 Å². The largest absolute Gasteiger partial charge is 0.328 e. The number of benzene rings is 1. The van der Waals surface area contributed by atoms with E-state index in [1.54, 1.807) is 0 Å². The van der Waals surface area contributed by atoms with E-state index in [0.717, 1.165) is 24.0 Å². The highest BCUT2D eigenvalue weighted by Crippen LogP contribution is 2.29. The van der Waals surface area contributed by atoms with Crippen molar-refractivity contribution in [3.05, 3.63) is 66.8 Å². The van der Waals surface area contributed by atoms with E-state index < -0.39 is 0 Å². The molecule has 0 heterocycles. The Bertz CT molecular complexity index is 462. The van der Waals surface area contributed by atoms with E-state index in [0.29, 0.717) is 12.0 Å². The molecule has 2 N–H and O–H groups in total. The lowest BCUT2D eigenvalue weighted by Crippen LogP contribution is -2.26. The molecule has 0 bridgehead atoms. The fraction of sp³-hybridized carbons (Fsp3) is 0.333. The molecule has 0 atom stereocenters. The second-order valence-corrected chi connectivity index (χ2v) is 5.41. The topological polar surface area (TPSA) is 26.0 Å². The Morgan fingerprint density at radius 1 is 1.00 bits per heavy atom. The molecule has 1 aliphatic rings. The summed E-state index contributed by atoms with van der Waals surface area (Å²) in [5, 5.41) is 0. The highest BCUT2D eigenvalue weighted by atomic mass is 14.6. The van der Waals surface area contributed by atoms with E-state index in [-0.39, 0.29) is 0 Å². The van der Waals surface area contributed by atoms with Crippen molar-refractivity contribution in [1.29, 1.82) is 0 Å². The van der Waals surface area contributed by atoms with Gasteiger partial charge in [0.25, 0.3) is 0 Å². The second-order valence-electron chi connectivity index (χ2n) is 5.41. The van der Waals surface area contributed by atoms with Gasteiger partial charge < -0.3 is 5.73 Å². The Hall–Kier alpha value is -1.60. The van der Waals surface area contributed by atoms with Crippen LogP contribution in [-0.2, 0) is 0 Å². The molecule has 1 nitrogen and oxygen atoms in total. The van der Waals surface area contributed by atoms with Gasteiger partial charge in [0.1, 0.15) is 0 Å². The zero-order valence-electron chi connectivity index (χ0n) is 11.5. The van der Waals surface area contributed by atoms with Crippen LogP contribution in [0.15, 0.2) is 61.2 Å². The molecule has 0 radical (unpaired) electrons. The predicted molar refractivity (Wildman–Crippen MR) is 83.7 cm³/mol. The van der Waals surface area contributed by atoms with Crippen LogP contribution in [0.3, 0.4) is 0 Å². The quantitative estimate of drug-likeness (QED) is 0.794. The molecule has 1 aliphatic carbocycles. The molecule has 1 heteroatoms. The summed E-state index contributed by atoms with van der Waals surface area (Å²) in [6, 6.07) is 10.6. The maximum Gasteiger partial charge on any atom is 0.00392 e. The summed E-state index contributed by atoms with van der Waals surface area (Å²) in [6.07, 6.45) is 8.78. The molecule has 1 aromatic rings. The lowest BCUT2D eigenvalue weighted by molar-refractivity contribution is 0.367. The summed E-state index contributed by atoms with van der Waals surface area (Å²) >= 11 is 0. The van der Waals surface area contributed by atoms with Gasteiger partial charge in [-0.2, -0.15) is 0 Å². The first kappa shape index (κ1) is 13.8. The average molecular weight is 253 g/mol. The van der Waals surface area contributed by atoms with Crippen molar-refractivity contribution in [1.82, 2.24) is 0 Å². The van der Waals surface area contributed by atoms with Crippen molar-refractivity contribution in [2.45, 2.75) is 31.7 Å². The first-order chi connectivity index (χ1) is 9.16. The molecule has 0 saturated heterocycles. The van der Waals surface area contributed by atoms with Crippen LogP contribution in [-0.4, -0.2) is 6.04 Å². The first-order valence-electron chi connectivity index (χ1n) is 7.03. The smallest absolute Gasteiger partial charge is 0.00392 e. The maximum absolute atomic E-state index is 5.93. The summed E-state index contributed by atoms with van der Waals surface area (Å²) in [5.74, 6) is 0.597. The molecule has 0 aromatic heterocycles. The number of hydrogen-bond acceptors (Lipinski definition) is 1. The van der Waals surface area contributed by atoms with Crippen molar-refractivity contribution in [3.8, 4) is 0 Å². The maximum atomic E-state index is 5.93. The Morgan fingerprint density at radius 2 is 1.63 bits per heavy atom. The van der Waals surface area contributed by atoms with E-state index >= 15 is 0 Å². The minimum atomic E-state index is 0.396. The second kappa shape index (κ2) is 6.53. The Morgan fingerprint density at radius 3 is 2.26 bits per heavy atom. The molecule has 0 aliphatic heterocycles. The van der Waals surface area contributed by atoms with Gasteiger partial charge in [-0.1, -0.05) is 61.2 Å². The normalized spacial score (nSPS) is 23.4. The van der Waals surface area contributed by atoms with Crippen LogP contribution >= 0.6 is 0 Å². The molecular weight excluding hydrogens is 230 g/mol. The van der Waals surface area contributed by atoms with Crippen molar-refractivity contribution in [3.63, 3.8) is 0 Å². The molecular formula is C18H23N. The van der Waals surface area contributed by atoms with Crippen LogP contribution in [0.1, 0.15) is 31.2 Å². The van der Waals surface area contributed by atoms with E-state index in [1.807, 2.05) is 18.2 Å². The average Bonchev–Trinajstić information content (AvgIpc) is 2.46. The molecule has 0 spiro atoms. The molecule has 1 fully saturated rings. The summed E-state index contributed by atoms with van der Waals surface area (Å²) in [4.78, 5) is 0. The van der Waals surface area contributed by atoms with E-state index in [4.69, 9.17) is 5.73 Å². The highest BCUT2D eigenvalue weighted by Gasteiger charge is 2.19. The van der Waals surface area contributed by atoms with Gasteiger partial charge in [-0.15, -0.1) is 0 Å². The Balaban J connectivity index is 1.92. The monoisotopic (exact) mass is 253 g/mol. The number of rotatable bonds is 4. The zero-order chi connectivity index (χ0) is 13.7. The highest BCUT2D eigenvalue weighted by molar-refractivity contribution is 5.72. The number of nitrogens with two attached hydrogens (primary N) is 1. The third-order valence-electron chi connectivity index (χ3n) is 3.94. The van der Waals surface area contributed by atoms with Crippen molar-refractivity contribution in [2.24, 2.45) is 11.7 Å². The third kappa shape index (κ3) is 3.93. The van der Waals surface area contributed by atoms with Gasteiger partial charge in [-0.05, 0) is 42.7 Å². The van der Waals surface area contributed by atoms with Crippen LogP contribution in [0.5, 0.6) is 0 Å². The summed E-state index contributed by atoms with van der Waals surface area (Å²) < 4.78 is 0. The third-order valence-corrected chi connectivity index (χ3v) is 3.94. The lowest BCUT2D eigenvalue weighted by Gasteiger charge is -2.26. The predicted octanol–water partition coefficient (Wildman–Crippen LogP) is 4.33. The van der Waals surface area contributed by atoms with Crippen molar-refractivity contribution in [2.75, 3.05) is 0 Å². The Labute approximate surface area is 116 Å². The van der Waals surface area contributed by atoms with Crippen LogP contribution < -0.4 is 5.73 Å². The standard InChI is InChI=1S/C18H23N/c1-14(16-6-4-3-5-7-16)8-9-15(2)17-10-12-18(19)13-11-17/h3-9,17-18H,1-2,10-13,19H2/b9-8-. The van der Waals surface area contributed by atoms with Gasteiger partial charge in [0.15, 0.2) is 0 Å². The van der Waals surface area contributed by atoms with Crippen LogP contribution in [0.4, 0.5) is 0 Å². The van der Waals surface area contributed by atoms with Gasteiger partial charge in [-0.25, -0.2) is 0 Å². The van der Waals surface area contributed by atoms with Crippen molar-refractivity contribution < 1.29 is 0 Å². The van der Waals surface area contributed by atoms with E-state index in [1.165, 1.54) is 18.4 Å². The minimum Gasteiger partial charge on any atom is -0.328 e. The van der Waals surface area contributed by atoms with Crippen molar-refractivity contribution >= 4 is 5.57 Å². The molecule has 1 aromatic carbocycles. The fourth-order valence-corrected chi connectivity index (χ4v) is 2.58.